The molecule has 16 heavy (non-hydrogen) atoms. The lowest BCUT2D eigenvalue weighted by Crippen LogP contribution is -2.18. The molecule has 0 bridgehead atoms. The predicted octanol–water partition coefficient (Wildman–Crippen LogP) is 4.17. The Kier molecular flexibility index (Phi) is 6.75. The number of hydrogen-bond acceptors (Lipinski definition) is 1. The van der Waals surface area contributed by atoms with Crippen LogP contribution in [-0.4, -0.2) is 10.7 Å². The van der Waals surface area contributed by atoms with Gasteiger partial charge in [-0.15, -0.1) is 13.2 Å². The van der Waals surface area contributed by atoms with E-state index in [1.165, 1.54) is 11.1 Å². The third-order valence-corrected chi connectivity index (χ3v) is 2.39. The maximum atomic E-state index is 9.68. The lowest BCUT2D eigenvalue weighted by molar-refractivity contribution is 0.115. The van der Waals surface area contributed by atoms with E-state index in [4.69, 9.17) is 0 Å². The minimum Gasteiger partial charge on any atom is -0.386 e. The third kappa shape index (κ3) is 8.25. The molecule has 0 spiro atoms. The van der Waals surface area contributed by atoms with Gasteiger partial charge in [-0.05, 0) is 40.0 Å². The van der Waals surface area contributed by atoms with Gasteiger partial charge in [0.05, 0.1) is 5.60 Å². The van der Waals surface area contributed by atoms with Gasteiger partial charge >= 0.3 is 0 Å². The summed E-state index contributed by atoms with van der Waals surface area (Å²) in [5, 5.41) is 9.68. The van der Waals surface area contributed by atoms with E-state index < -0.39 is 5.60 Å². The molecule has 1 unspecified atom stereocenters. The molecular formula is C15H24O. The molecule has 0 aromatic rings. The summed E-state index contributed by atoms with van der Waals surface area (Å²) in [4.78, 5) is 0. The molecule has 1 atom stereocenters. The maximum absolute atomic E-state index is 9.68. The number of allylic oxidation sites excluding steroid dienone is 4. The van der Waals surface area contributed by atoms with Crippen molar-refractivity contribution in [1.82, 2.24) is 0 Å². The topological polar surface area (TPSA) is 20.2 Å². The zero-order valence-electron chi connectivity index (χ0n) is 10.8. The monoisotopic (exact) mass is 220 g/mol. The fraction of sp³-hybridized carbons (Fsp3) is 0.467. The minimum atomic E-state index is -0.797. The molecule has 0 fully saturated rings. The Morgan fingerprint density at radius 3 is 2.50 bits per heavy atom. The highest BCUT2D eigenvalue weighted by Gasteiger charge is 2.11. The lowest BCUT2D eigenvalue weighted by atomic mass is 10.0. The summed E-state index contributed by atoms with van der Waals surface area (Å²) in [6.45, 7) is 13.3. The summed E-state index contributed by atoms with van der Waals surface area (Å²) in [5.41, 5.74) is 1.64. The summed E-state index contributed by atoms with van der Waals surface area (Å²) < 4.78 is 0. The third-order valence-electron chi connectivity index (χ3n) is 2.39. The van der Waals surface area contributed by atoms with E-state index in [-0.39, 0.29) is 0 Å². The predicted molar refractivity (Wildman–Crippen MR) is 72.4 cm³/mol. The van der Waals surface area contributed by atoms with E-state index in [0.29, 0.717) is 6.42 Å². The number of aliphatic hydroxyl groups is 1. The van der Waals surface area contributed by atoms with Crippen molar-refractivity contribution in [1.29, 1.82) is 0 Å². The van der Waals surface area contributed by atoms with Crippen molar-refractivity contribution in [3.63, 3.8) is 0 Å². The molecule has 0 radical (unpaired) electrons. The summed E-state index contributed by atoms with van der Waals surface area (Å²) in [7, 11) is 0. The first-order valence-electron chi connectivity index (χ1n) is 5.71. The normalized spacial score (nSPS) is 16.1. The van der Waals surface area contributed by atoms with Gasteiger partial charge in [0.2, 0.25) is 0 Å². The van der Waals surface area contributed by atoms with E-state index in [1.54, 1.807) is 13.0 Å². The molecular weight excluding hydrogens is 196 g/mol. The molecule has 0 rings (SSSR count). The van der Waals surface area contributed by atoms with Crippen LogP contribution in [0.2, 0.25) is 0 Å². The van der Waals surface area contributed by atoms with Crippen molar-refractivity contribution in [2.24, 2.45) is 0 Å². The largest absolute Gasteiger partial charge is 0.386 e. The lowest BCUT2D eigenvalue weighted by Gasteiger charge is -2.15. The van der Waals surface area contributed by atoms with Gasteiger partial charge in [-0.1, -0.05) is 35.5 Å². The van der Waals surface area contributed by atoms with Gasteiger partial charge in [0, 0.05) is 0 Å². The SMILES string of the molecule is C=CC(C)(O)C/C=C/C(C)=C/CCC(=C)C. The molecule has 1 N–H and O–H groups in total. The molecule has 1 nitrogen and oxygen atoms in total. The maximum Gasteiger partial charge on any atom is 0.0831 e. The van der Waals surface area contributed by atoms with Crippen molar-refractivity contribution >= 4 is 0 Å². The molecule has 0 heterocycles. The second kappa shape index (κ2) is 7.24. The van der Waals surface area contributed by atoms with E-state index in [0.717, 1.165) is 12.8 Å². The van der Waals surface area contributed by atoms with Crippen LogP contribution in [0.25, 0.3) is 0 Å². The standard InChI is InChI=1S/C15H24O/c1-6-15(5,16)12-8-11-14(4)10-7-9-13(2)3/h6,8,10-11,16H,1-2,7,9,12H2,3-5H3/b11-8+,14-10+. The molecule has 90 valence electrons. The quantitative estimate of drug-likeness (QED) is 0.504. The fourth-order valence-corrected chi connectivity index (χ4v) is 1.18. The van der Waals surface area contributed by atoms with Crippen LogP contribution in [0, 0.1) is 0 Å². The van der Waals surface area contributed by atoms with Crippen LogP contribution in [0.15, 0.2) is 48.6 Å². The van der Waals surface area contributed by atoms with Gasteiger partial charge in [-0.2, -0.15) is 0 Å². The summed E-state index contributed by atoms with van der Waals surface area (Å²) in [6, 6.07) is 0. The van der Waals surface area contributed by atoms with E-state index >= 15 is 0 Å². The zero-order valence-corrected chi connectivity index (χ0v) is 10.8. The highest BCUT2D eigenvalue weighted by molar-refractivity contribution is 5.17. The van der Waals surface area contributed by atoms with Crippen LogP contribution in [0.3, 0.4) is 0 Å². The Morgan fingerprint density at radius 2 is 2.00 bits per heavy atom. The Labute approximate surface area is 99.9 Å². The summed E-state index contributed by atoms with van der Waals surface area (Å²) in [6.07, 6.45) is 10.4. The number of hydrogen-bond donors (Lipinski definition) is 1. The molecule has 0 aliphatic carbocycles. The first-order valence-corrected chi connectivity index (χ1v) is 5.71. The molecule has 0 aliphatic heterocycles. The van der Waals surface area contributed by atoms with Gasteiger partial charge in [-0.3, -0.25) is 0 Å². The molecule has 1 heteroatoms. The Balaban J connectivity index is 4.03. The summed E-state index contributed by atoms with van der Waals surface area (Å²) >= 11 is 0. The smallest absolute Gasteiger partial charge is 0.0831 e. The Hall–Kier alpha value is -1.08. The van der Waals surface area contributed by atoms with E-state index in [1.807, 2.05) is 19.1 Å². The first-order chi connectivity index (χ1) is 7.37. The van der Waals surface area contributed by atoms with E-state index in [2.05, 4.69) is 26.2 Å². The molecule has 0 amide bonds. The second-order valence-electron chi connectivity index (χ2n) is 4.61. The van der Waals surface area contributed by atoms with Crippen LogP contribution in [0.5, 0.6) is 0 Å². The fourth-order valence-electron chi connectivity index (χ4n) is 1.18. The summed E-state index contributed by atoms with van der Waals surface area (Å²) in [5.74, 6) is 0. The van der Waals surface area contributed by atoms with Crippen molar-refractivity contribution in [2.45, 2.75) is 45.6 Å². The van der Waals surface area contributed by atoms with Gasteiger partial charge < -0.3 is 5.11 Å². The van der Waals surface area contributed by atoms with E-state index in [9.17, 15) is 5.11 Å². The Bertz CT molecular complexity index is 293. The van der Waals surface area contributed by atoms with Crippen molar-refractivity contribution in [3.8, 4) is 0 Å². The van der Waals surface area contributed by atoms with Crippen LogP contribution in [-0.2, 0) is 0 Å². The van der Waals surface area contributed by atoms with Gasteiger partial charge in [0.25, 0.3) is 0 Å². The molecule has 0 aromatic heterocycles. The highest BCUT2D eigenvalue weighted by atomic mass is 16.3. The second-order valence-corrected chi connectivity index (χ2v) is 4.61. The Morgan fingerprint density at radius 1 is 1.38 bits per heavy atom. The van der Waals surface area contributed by atoms with Gasteiger partial charge in [0.15, 0.2) is 0 Å². The van der Waals surface area contributed by atoms with Crippen molar-refractivity contribution < 1.29 is 5.11 Å². The van der Waals surface area contributed by atoms with Gasteiger partial charge in [-0.25, -0.2) is 0 Å². The molecule has 0 aliphatic rings. The zero-order chi connectivity index (χ0) is 12.6. The van der Waals surface area contributed by atoms with Crippen LogP contribution in [0.4, 0.5) is 0 Å². The van der Waals surface area contributed by atoms with Crippen LogP contribution < -0.4 is 0 Å². The molecule has 0 saturated carbocycles. The van der Waals surface area contributed by atoms with Crippen molar-refractivity contribution in [2.75, 3.05) is 0 Å². The highest BCUT2D eigenvalue weighted by Crippen LogP contribution is 2.12. The molecule has 0 saturated heterocycles. The number of rotatable bonds is 7. The average molecular weight is 220 g/mol. The average Bonchev–Trinajstić information content (AvgIpc) is 2.17. The van der Waals surface area contributed by atoms with Crippen LogP contribution in [0.1, 0.15) is 40.0 Å². The van der Waals surface area contributed by atoms with Crippen molar-refractivity contribution in [3.05, 3.63) is 48.6 Å². The first kappa shape index (κ1) is 14.9. The minimum absolute atomic E-state index is 0.599. The van der Waals surface area contributed by atoms with Crippen LogP contribution >= 0.6 is 0 Å². The van der Waals surface area contributed by atoms with Gasteiger partial charge in [0.1, 0.15) is 0 Å². The molecule has 0 aromatic carbocycles.